The Hall–Kier alpha value is -3.33. The number of nitrogens with zero attached hydrogens (tertiary/aromatic N) is 1. The number of carbonyl (C=O) groups is 2. The first-order valence-electron chi connectivity index (χ1n) is 14.2. The van der Waals surface area contributed by atoms with Gasteiger partial charge < -0.3 is 9.72 Å². The summed E-state index contributed by atoms with van der Waals surface area (Å²) >= 11 is 9.06. The fourth-order valence-electron chi connectivity index (χ4n) is 7.94. The standard InChI is InChI=1S/C33H27ClN2O4S2/c1-16-4-2-3-5-18(16)15-40-21-12-6-17(7-13-21)24-25-22-14-23(28(25)41-30-29(24)42-33(39)35-30)27-26(22)31(37)36(32(27)38)20-10-8-19(34)9-11-20/h2-13,22-28H,14-15H2,1H3,(H,35,39)/t22-,23-,24?,25?,26?,27?,28?/m1/s1. The number of rotatable bonds is 5. The fourth-order valence-corrected chi connectivity index (χ4v) is 11.0. The minimum absolute atomic E-state index is 0.0240. The lowest BCUT2D eigenvalue weighted by Gasteiger charge is -2.43. The van der Waals surface area contributed by atoms with Gasteiger partial charge in [-0.25, -0.2) is 0 Å². The molecule has 3 fully saturated rings. The topological polar surface area (TPSA) is 79.5 Å². The van der Waals surface area contributed by atoms with Crippen LogP contribution in [0.15, 0.2) is 82.6 Å². The molecule has 9 heteroatoms. The Morgan fingerprint density at radius 1 is 0.929 bits per heavy atom. The van der Waals surface area contributed by atoms with E-state index >= 15 is 0 Å². The van der Waals surface area contributed by atoms with Crippen LogP contribution in [-0.4, -0.2) is 22.0 Å². The summed E-state index contributed by atoms with van der Waals surface area (Å²) < 4.78 is 6.12. The smallest absolute Gasteiger partial charge is 0.305 e. The van der Waals surface area contributed by atoms with Crippen LogP contribution in [0.2, 0.25) is 5.02 Å². The number of nitrogens with one attached hydrogen (secondary N) is 1. The summed E-state index contributed by atoms with van der Waals surface area (Å²) in [6, 6.07) is 23.3. The third-order valence-electron chi connectivity index (χ3n) is 9.70. The van der Waals surface area contributed by atoms with E-state index in [9.17, 15) is 14.4 Å². The Morgan fingerprint density at radius 3 is 2.38 bits per heavy atom. The maximum atomic E-state index is 13.9. The Kier molecular flexibility index (Phi) is 6.18. The molecule has 5 unspecified atom stereocenters. The molecule has 8 rings (SSSR count). The van der Waals surface area contributed by atoms with Crippen molar-refractivity contribution >= 4 is 52.2 Å². The third kappa shape index (κ3) is 3.95. The molecule has 6 nitrogen and oxygen atoms in total. The molecule has 7 atom stereocenters. The van der Waals surface area contributed by atoms with E-state index in [-0.39, 0.29) is 57.4 Å². The van der Waals surface area contributed by atoms with Gasteiger partial charge in [0.2, 0.25) is 11.8 Å². The van der Waals surface area contributed by atoms with Gasteiger partial charge in [0.05, 0.1) is 22.5 Å². The maximum absolute atomic E-state index is 13.9. The van der Waals surface area contributed by atoms with E-state index < -0.39 is 0 Å². The zero-order valence-electron chi connectivity index (χ0n) is 22.7. The van der Waals surface area contributed by atoms with E-state index in [1.54, 1.807) is 36.0 Å². The molecule has 4 aromatic rings. The number of ether oxygens (including phenoxy) is 1. The average molecular weight is 615 g/mol. The number of imide groups is 1. The maximum Gasteiger partial charge on any atom is 0.305 e. The predicted molar refractivity (Wildman–Crippen MR) is 164 cm³/mol. The van der Waals surface area contributed by atoms with E-state index in [2.05, 4.69) is 36.2 Å². The van der Waals surface area contributed by atoms with Crippen LogP contribution >= 0.6 is 34.7 Å². The molecule has 42 heavy (non-hydrogen) atoms. The summed E-state index contributed by atoms with van der Waals surface area (Å²) in [4.78, 5) is 45.6. The van der Waals surface area contributed by atoms with Gasteiger partial charge in [-0.2, -0.15) is 0 Å². The van der Waals surface area contributed by atoms with Gasteiger partial charge in [-0.05, 0) is 84.2 Å². The number of halogens is 1. The van der Waals surface area contributed by atoms with Gasteiger partial charge in [-0.15, -0.1) is 11.8 Å². The van der Waals surface area contributed by atoms with Gasteiger partial charge in [0.25, 0.3) is 0 Å². The van der Waals surface area contributed by atoms with Crippen LogP contribution in [0.3, 0.4) is 0 Å². The van der Waals surface area contributed by atoms with E-state index in [1.165, 1.54) is 21.8 Å². The van der Waals surface area contributed by atoms with Crippen molar-refractivity contribution in [1.29, 1.82) is 0 Å². The highest BCUT2D eigenvalue weighted by Gasteiger charge is 2.69. The Labute approximate surface area is 256 Å². The van der Waals surface area contributed by atoms with Crippen LogP contribution in [0.25, 0.3) is 0 Å². The number of aryl methyl sites for hydroxylation is 1. The minimum atomic E-state index is -0.337. The molecule has 212 valence electrons. The number of H-pyrrole nitrogens is 1. The molecule has 1 saturated heterocycles. The van der Waals surface area contributed by atoms with Crippen molar-refractivity contribution in [2.45, 2.75) is 36.1 Å². The van der Waals surface area contributed by atoms with E-state index in [0.717, 1.165) is 33.2 Å². The number of benzene rings is 3. The van der Waals surface area contributed by atoms with Crippen molar-refractivity contribution in [3.05, 3.63) is 109 Å². The first-order chi connectivity index (χ1) is 20.4. The quantitative estimate of drug-likeness (QED) is 0.255. The summed E-state index contributed by atoms with van der Waals surface area (Å²) in [7, 11) is 0. The second-order valence-corrected chi connectivity index (χ2v) is 14.4. The molecule has 2 aliphatic heterocycles. The summed E-state index contributed by atoms with van der Waals surface area (Å²) in [6.45, 7) is 2.57. The van der Waals surface area contributed by atoms with E-state index in [4.69, 9.17) is 16.3 Å². The van der Waals surface area contributed by atoms with Gasteiger partial charge in [-0.1, -0.05) is 59.3 Å². The molecule has 4 aliphatic rings. The first-order valence-corrected chi connectivity index (χ1v) is 16.3. The average Bonchev–Trinajstić information content (AvgIpc) is 3.72. The highest BCUT2D eigenvalue weighted by Crippen LogP contribution is 2.68. The second-order valence-electron chi connectivity index (χ2n) is 11.7. The number of aromatic nitrogens is 1. The molecule has 0 radical (unpaired) electrons. The van der Waals surface area contributed by atoms with Crippen LogP contribution in [-0.2, 0) is 16.2 Å². The second kappa shape index (κ2) is 9.86. The van der Waals surface area contributed by atoms with Crippen molar-refractivity contribution in [2.24, 2.45) is 29.6 Å². The monoisotopic (exact) mass is 614 g/mol. The largest absolute Gasteiger partial charge is 0.489 e. The number of amides is 2. The number of fused-ring (bicyclic) bond motifs is 9. The van der Waals surface area contributed by atoms with Gasteiger partial charge >= 0.3 is 4.87 Å². The molecule has 3 heterocycles. The third-order valence-corrected chi connectivity index (χ3v) is 12.5. The van der Waals surface area contributed by atoms with Crippen molar-refractivity contribution in [3.63, 3.8) is 0 Å². The summed E-state index contributed by atoms with van der Waals surface area (Å²) in [6.07, 6.45) is 0.858. The molecule has 2 bridgehead atoms. The molecule has 0 spiro atoms. The lowest BCUT2D eigenvalue weighted by molar-refractivity contribution is -0.123. The zero-order chi connectivity index (χ0) is 28.7. The molecule has 2 saturated carbocycles. The van der Waals surface area contributed by atoms with Crippen molar-refractivity contribution < 1.29 is 14.3 Å². The summed E-state index contributed by atoms with van der Waals surface area (Å²) in [5.41, 5.74) is 4.04. The number of hydrogen-bond donors (Lipinski definition) is 1. The number of thioether (sulfide) groups is 1. The lowest BCUT2D eigenvalue weighted by atomic mass is 9.68. The first kappa shape index (κ1) is 26.3. The van der Waals surface area contributed by atoms with Crippen LogP contribution in [0.1, 0.15) is 33.9 Å². The normalized spacial score (nSPS) is 29.0. The SMILES string of the molecule is Cc1ccccc1COc1ccc(C2c3sc(=O)[nH]c3SC3C2[C@H]2C[C@@H]3C3C(=O)N(c4ccc(Cl)cc4)C(=O)C32)cc1. The van der Waals surface area contributed by atoms with E-state index in [1.807, 2.05) is 24.3 Å². The number of aromatic amines is 1. The number of thiazole rings is 1. The minimum Gasteiger partial charge on any atom is -0.489 e. The van der Waals surface area contributed by atoms with Crippen LogP contribution < -0.4 is 14.5 Å². The summed E-state index contributed by atoms with van der Waals surface area (Å²) in [5.74, 6) is 0.204. The fraction of sp³-hybridized carbons (Fsp3) is 0.303. The molecule has 2 amide bonds. The van der Waals surface area contributed by atoms with Gasteiger partial charge in [0.15, 0.2) is 0 Å². The molecule has 3 aromatic carbocycles. The lowest BCUT2D eigenvalue weighted by Crippen LogP contribution is -2.42. The number of carbonyl (C=O) groups excluding carboxylic acids is 2. The molecule has 1 N–H and O–H groups in total. The van der Waals surface area contributed by atoms with Crippen LogP contribution in [0, 0.1) is 36.5 Å². The predicted octanol–water partition coefficient (Wildman–Crippen LogP) is 6.66. The summed E-state index contributed by atoms with van der Waals surface area (Å²) in [5, 5.41) is 1.62. The molecule has 1 aromatic heterocycles. The Morgan fingerprint density at radius 2 is 1.64 bits per heavy atom. The highest BCUT2D eigenvalue weighted by molar-refractivity contribution is 8.00. The molecule has 2 aliphatic carbocycles. The van der Waals surface area contributed by atoms with Gasteiger partial charge in [0, 0.05) is 21.1 Å². The van der Waals surface area contributed by atoms with Crippen LogP contribution in [0.4, 0.5) is 5.69 Å². The molecular weight excluding hydrogens is 588 g/mol. The van der Waals surface area contributed by atoms with Crippen LogP contribution in [0.5, 0.6) is 5.75 Å². The van der Waals surface area contributed by atoms with Crippen molar-refractivity contribution in [2.75, 3.05) is 4.90 Å². The van der Waals surface area contributed by atoms with Gasteiger partial charge in [0.1, 0.15) is 12.4 Å². The number of hydrogen-bond acceptors (Lipinski definition) is 6. The van der Waals surface area contributed by atoms with E-state index in [0.29, 0.717) is 17.3 Å². The molecular formula is C33H27ClN2O4S2. The Balaban J connectivity index is 1.12. The van der Waals surface area contributed by atoms with Crippen molar-refractivity contribution in [3.8, 4) is 5.75 Å². The zero-order valence-corrected chi connectivity index (χ0v) is 25.0. The van der Waals surface area contributed by atoms with Crippen molar-refractivity contribution in [1.82, 2.24) is 4.98 Å². The van der Waals surface area contributed by atoms with Gasteiger partial charge in [-0.3, -0.25) is 19.3 Å². The highest BCUT2D eigenvalue weighted by atomic mass is 35.5. The Bertz CT molecular complexity index is 1780. The number of anilines is 1.